The van der Waals surface area contributed by atoms with Crippen LogP contribution in [0.15, 0.2) is 42.5 Å². The summed E-state index contributed by atoms with van der Waals surface area (Å²) in [5.41, 5.74) is 6.38. The van der Waals surface area contributed by atoms with Gasteiger partial charge in [-0.15, -0.1) is 0 Å². The third-order valence-corrected chi connectivity index (χ3v) is 3.18. The molecule has 0 aliphatic carbocycles. The van der Waals surface area contributed by atoms with Crippen molar-refractivity contribution in [3.8, 4) is 0 Å². The summed E-state index contributed by atoms with van der Waals surface area (Å²) in [6, 6.07) is 13.9. The summed E-state index contributed by atoms with van der Waals surface area (Å²) in [5, 5.41) is 2.26. The average Bonchev–Trinajstić information content (AvgIpc) is 2.39. The fourth-order valence-corrected chi connectivity index (χ4v) is 2.04. The monoisotopic (exact) mass is 227 g/mol. The molecule has 0 amide bonds. The quantitative estimate of drug-likeness (QED) is 0.816. The van der Waals surface area contributed by atoms with Gasteiger partial charge in [0.25, 0.3) is 0 Å². The molecule has 2 N–H and O–H groups in total. The summed E-state index contributed by atoms with van der Waals surface area (Å²) >= 11 is 0. The topological polar surface area (TPSA) is 43.1 Å². The van der Waals surface area contributed by atoms with Gasteiger partial charge in [0.15, 0.2) is 5.78 Å². The van der Waals surface area contributed by atoms with Gasteiger partial charge in [0.05, 0.1) is 0 Å². The summed E-state index contributed by atoms with van der Waals surface area (Å²) in [7, 11) is 0. The van der Waals surface area contributed by atoms with Crippen LogP contribution in [0.2, 0.25) is 0 Å². The Labute approximate surface area is 101 Å². The molecule has 0 aromatic heterocycles. The Morgan fingerprint density at radius 2 is 1.88 bits per heavy atom. The molecule has 88 valence electrons. The second-order valence-corrected chi connectivity index (χ2v) is 4.27. The van der Waals surface area contributed by atoms with Crippen molar-refractivity contribution < 1.29 is 4.79 Å². The number of nitrogens with two attached hydrogens (primary N) is 1. The van der Waals surface area contributed by atoms with E-state index in [4.69, 9.17) is 5.73 Å². The van der Waals surface area contributed by atoms with E-state index in [1.165, 1.54) is 0 Å². The maximum Gasteiger partial charge on any atom is 0.167 e. The summed E-state index contributed by atoms with van der Waals surface area (Å²) in [6.45, 7) is 2.42. The maximum absolute atomic E-state index is 12.2. The second-order valence-electron chi connectivity index (χ2n) is 4.27. The smallest absolute Gasteiger partial charge is 0.167 e. The minimum atomic E-state index is -0.0591. The van der Waals surface area contributed by atoms with Crippen LogP contribution in [0.5, 0.6) is 0 Å². The molecule has 0 fully saturated rings. The lowest BCUT2D eigenvalue weighted by Gasteiger charge is -2.11. The fraction of sp³-hybridized carbons (Fsp3) is 0.267. The summed E-state index contributed by atoms with van der Waals surface area (Å²) in [6.07, 6.45) is 0.794. The Balaban J connectivity index is 2.39. The van der Waals surface area contributed by atoms with Crippen molar-refractivity contribution in [2.24, 2.45) is 11.7 Å². The number of Topliss-reactive ketones (excluding diaryl/α,β-unsaturated/α-hetero) is 1. The molecule has 2 rings (SSSR count). The van der Waals surface area contributed by atoms with Crippen molar-refractivity contribution in [1.82, 2.24) is 0 Å². The first-order valence-corrected chi connectivity index (χ1v) is 5.99. The normalized spacial score (nSPS) is 12.6. The molecule has 2 aromatic carbocycles. The third kappa shape index (κ3) is 2.37. The Hall–Kier alpha value is -1.67. The minimum absolute atomic E-state index is 0.0591. The first kappa shape index (κ1) is 11.8. The molecule has 1 atom stereocenters. The summed E-state index contributed by atoms with van der Waals surface area (Å²) in [5.74, 6) is 0.0944. The Bertz CT molecular complexity index is 529. The van der Waals surface area contributed by atoms with Crippen molar-refractivity contribution in [2.45, 2.75) is 13.3 Å². The van der Waals surface area contributed by atoms with Crippen molar-refractivity contribution in [2.75, 3.05) is 6.54 Å². The molecule has 1 unspecified atom stereocenters. The van der Waals surface area contributed by atoms with Crippen LogP contribution in [0.3, 0.4) is 0 Å². The highest BCUT2D eigenvalue weighted by Gasteiger charge is 2.16. The van der Waals surface area contributed by atoms with E-state index >= 15 is 0 Å². The fourth-order valence-electron chi connectivity index (χ4n) is 2.04. The van der Waals surface area contributed by atoms with Gasteiger partial charge in [0, 0.05) is 18.0 Å². The van der Waals surface area contributed by atoms with Crippen molar-refractivity contribution in [1.29, 1.82) is 0 Å². The highest BCUT2D eigenvalue weighted by molar-refractivity contribution is 6.01. The third-order valence-electron chi connectivity index (χ3n) is 3.18. The van der Waals surface area contributed by atoms with Crippen LogP contribution in [-0.4, -0.2) is 12.3 Å². The zero-order chi connectivity index (χ0) is 12.3. The van der Waals surface area contributed by atoms with E-state index < -0.39 is 0 Å². The SMILES string of the molecule is CCC(CN)C(=O)c1ccc2ccccc2c1. The molecule has 2 aromatic rings. The van der Waals surface area contributed by atoms with E-state index in [-0.39, 0.29) is 11.7 Å². The molecule has 0 radical (unpaired) electrons. The zero-order valence-corrected chi connectivity index (χ0v) is 10.0. The van der Waals surface area contributed by atoms with Crippen LogP contribution in [-0.2, 0) is 0 Å². The number of fused-ring (bicyclic) bond motifs is 1. The predicted octanol–water partition coefficient (Wildman–Crippen LogP) is 3.01. The van der Waals surface area contributed by atoms with Crippen LogP contribution in [0, 0.1) is 5.92 Å². The standard InChI is InChI=1S/C15H17NO/c1-2-11(10-16)15(17)14-8-7-12-5-3-4-6-13(12)9-14/h3-9,11H,2,10,16H2,1H3. The molecule has 0 spiro atoms. The Kier molecular flexibility index (Phi) is 3.55. The predicted molar refractivity (Wildman–Crippen MR) is 71.1 cm³/mol. The molecule has 0 saturated heterocycles. The number of rotatable bonds is 4. The molecule has 0 aliphatic rings. The van der Waals surface area contributed by atoms with Crippen LogP contribution in [0.4, 0.5) is 0 Å². The maximum atomic E-state index is 12.2. The van der Waals surface area contributed by atoms with E-state index in [1.807, 2.05) is 49.4 Å². The van der Waals surface area contributed by atoms with Crippen molar-refractivity contribution in [3.05, 3.63) is 48.0 Å². The average molecular weight is 227 g/mol. The lowest BCUT2D eigenvalue weighted by molar-refractivity contribution is 0.0921. The lowest BCUT2D eigenvalue weighted by Crippen LogP contribution is -2.22. The molecular formula is C15H17NO. The van der Waals surface area contributed by atoms with E-state index in [0.717, 1.165) is 22.8 Å². The lowest BCUT2D eigenvalue weighted by atomic mass is 9.94. The number of hydrogen-bond acceptors (Lipinski definition) is 2. The van der Waals surface area contributed by atoms with Crippen LogP contribution in [0.1, 0.15) is 23.7 Å². The largest absolute Gasteiger partial charge is 0.330 e. The highest BCUT2D eigenvalue weighted by Crippen LogP contribution is 2.18. The van der Waals surface area contributed by atoms with E-state index in [9.17, 15) is 4.79 Å². The molecule has 2 nitrogen and oxygen atoms in total. The first-order valence-electron chi connectivity index (χ1n) is 5.99. The van der Waals surface area contributed by atoms with Gasteiger partial charge in [0.2, 0.25) is 0 Å². The highest BCUT2D eigenvalue weighted by atomic mass is 16.1. The number of carbonyl (C=O) groups excluding carboxylic acids is 1. The van der Waals surface area contributed by atoms with Gasteiger partial charge in [0.1, 0.15) is 0 Å². The van der Waals surface area contributed by atoms with Gasteiger partial charge < -0.3 is 5.73 Å². The van der Waals surface area contributed by atoms with E-state index in [0.29, 0.717) is 6.54 Å². The second kappa shape index (κ2) is 5.11. The number of carbonyl (C=O) groups is 1. The van der Waals surface area contributed by atoms with Crippen LogP contribution >= 0.6 is 0 Å². The van der Waals surface area contributed by atoms with Gasteiger partial charge in [-0.1, -0.05) is 43.3 Å². The molecule has 0 heterocycles. The van der Waals surface area contributed by atoms with Crippen LogP contribution in [0.25, 0.3) is 10.8 Å². The molecule has 0 saturated carbocycles. The summed E-state index contributed by atoms with van der Waals surface area (Å²) < 4.78 is 0. The number of benzene rings is 2. The minimum Gasteiger partial charge on any atom is -0.330 e. The first-order chi connectivity index (χ1) is 8.26. The molecular weight excluding hydrogens is 210 g/mol. The summed E-state index contributed by atoms with van der Waals surface area (Å²) in [4.78, 5) is 12.2. The van der Waals surface area contributed by atoms with Gasteiger partial charge in [-0.25, -0.2) is 0 Å². The number of hydrogen-bond donors (Lipinski definition) is 1. The van der Waals surface area contributed by atoms with Crippen LogP contribution < -0.4 is 5.73 Å². The molecule has 17 heavy (non-hydrogen) atoms. The van der Waals surface area contributed by atoms with Gasteiger partial charge in [-0.05, 0) is 23.3 Å². The van der Waals surface area contributed by atoms with E-state index in [1.54, 1.807) is 0 Å². The zero-order valence-electron chi connectivity index (χ0n) is 10.0. The molecule has 2 heteroatoms. The van der Waals surface area contributed by atoms with Gasteiger partial charge in [-0.2, -0.15) is 0 Å². The molecule has 0 aliphatic heterocycles. The van der Waals surface area contributed by atoms with E-state index in [2.05, 4.69) is 0 Å². The van der Waals surface area contributed by atoms with Gasteiger partial charge >= 0.3 is 0 Å². The van der Waals surface area contributed by atoms with Crippen molar-refractivity contribution in [3.63, 3.8) is 0 Å². The van der Waals surface area contributed by atoms with Gasteiger partial charge in [-0.3, -0.25) is 4.79 Å². The Morgan fingerprint density at radius 1 is 1.18 bits per heavy atom. The molecule has 0 bridgehead atoms. The Morgan fingerprint density at radius 3 is 2.53 bits per heavy atom. The number of ketones is 1. The van der Waals surface area contributed by atoms with Crippen molar-refractivity contribution >= 4 is 16.6 Å².